The van der Waals surface area contributed by atoms with Gasteiger partial charge in [0.05, 0.1) is 36.6 Å². The van der Waals surface area contributed by atoms with Gasteiger partial charge in [0, 0.05) is 12.0 Å². The molecule has 134 valence electrons. The Bertz CT molecular complexity index is 893. The molecular weight excluding hydrogens is 370 g/mol. The van der Waals surface area contributed by atoms with Gasteiger partial charge in [-0.05, 0) is 29.6 Å². The van der Waals surface area contributed by atoms with E-state index < -0.39 is 0 Å². The summed E-state index contributed by atoms with van der Waals surface area (Å²) in [7, 11) is 3.29. The third-order valence-corrected chi connectivity index (χ3v) is 6.10. The van der Waals surface area contributed by atoms with Gasteiger partial charge in [-0.3, -0.25) is 4.79 Å². The number of nitrogens with zero attached hydrogens (tertiary/aromatic N) is 3. The second kappa shape index (κ2) is 7.13. The van der Waals surface area contributed by atoms with E-state index in [1.54, 1.807) is 25.6 Å². The molecule has 1 aromatic heterocycles. The molecule has 0 spiro atoms. The highest BCUT2D eigenvalue weighted by molar-refractivity contribution is 8.14. The first-order valence-electron chi connectivity index (χ1n) is 8.06. The SMILES string of the molecule is COc1ccc(OC)c(C2CC(c3cccs3)=NN2C2=NC(=O)CS2)c1. The molecule has 26 heavy (non-hydrogen) atoms. The Labute approximate surface area is 159 Å². The fourth-order valence-corrected chi connectivity index (χ4v) is 4.54. The van der Waals surface area contributed by atoms with Gasteiger partial charge in [0.1, 0.15) is 11.5 Å². The normalized spacial score (nSPS) is 19.5. The molecule has 0 fully saturated rings. The number of aliphatic imine (C=N–C) groups is 1. The molecule has 0 bridgehead atoms. The summed E-state index contributed by atoms with van der Waals surface area (Å²) in [5.41, 5.74) is 1.95. The van der Waals surface area contributed by atoms with E-state index in [0.717, 1.165) is 27.7 Å². The number of amidine groups is 1. The van der Waals surface area contributed by atoms with Gasteiger partial charge >= 0.3 is 0 Å². The molecule has 2 aliphatic heterocycles. The van der Waals surface area contributed by atoms with Crippen molar-refractivity contribution in [2.45, 2.75) is 12.5 Å². The largest absolute Gasteiger partial charge is 0.497 e. The topological polar surface area (TPSA) is 63.5 Å². The molecule has 0 aliphatic carbocycles. The molecule has 0 saturated carbocycles. The Balaban J connectivity index is 1.77. The van der Waals surface area contributed by atoms with E-state index in [4.69, 9.17) is 14.6 Å². The second-order valence-corrected chi connectivity index (χ2v) is 7.66. The number of thioether (sulfide) groups is 1. The molecule has 1 aromatic carbocycles. The fourth-order valence-electron chi connectivity index (χ4n) is 3.04. The van der Waals surface area contributed by atoms with Crippen LogP contribution in [0.15, 0.2) is 45.8 Å². The monoisotopic (exact) mass is 387 g/mol. The quantitative estimate of drug-likeness (QED) is 0.803. The molecule has 3 heterocycles. The molecule has 8 heteroatoms. The molecule has 2 aromatic rings. The molecule has 1 atom stereocenters. The minimum atomic E-state index is -0.124. The lowest BCUT2D eigenvalue weighted by Crippen LogP contribution is -2.24. The number of methoxy groups -OCH3 is 2. The summed E-state index contributed by atoms with van der Waals surface area (Å²) >= 11 is 3.07. The highest BCUT2D eigenvalue weighted by atomic mass is 32.2. The van der Waals surface area contributed by atoms with Crippen LogP contribution in [0.5, 0.6) is 11.5 Å². The maximum Gasteiger partial charge on any atom is 0.258 e. The van der Waals surface area contributed by atoms with Crippen molar-refractivity contribution in [3.05, 3.63) is 46.2 Å². The van der Waals surface area contributed by atoms with Gasteiger partial charge in [-0.2, -0.15) is 10.1 Å². The number of hydrogen-bond acceptors (Lipinski definition) is 7. The van der Waals surface area contributed by atoms with Crippen molar-refractivity contribution >= 4 is 39.9 Å². The van der Waals surface area contributed by atoms with Crippen molar-refractivity contribution < 1.29 is 14.3 Å². The third-order valence-electron chi connectivity index (χ3n) is 4.25. The van der Waals surface area contributed by atoms with Gasteiger partial charge < -0.3 is 9.47 Å². The van der Waals surface area contributed by atoms with Gasteiger partial charge in [0.2, 0.25) is 0 Å². The summed E-state index contributed by atoms with van der Waals surface area (Å²) < 4.78 is 11.0. The summed E-state index contributed by atoms with van der Waals surface area (Å²) in [5.74, 6) is 1.75. The smallest absolute Gasteiger partial charge is 0.258 e. The van der Waals surface area contributed by atoms with Gasteiger partial charge in [-0.1, -0.05) is 17.8 Å². The number of carbonyl (C=O) groups is 1. The number of rotatable bonds is 4. The van der Waals surface area contributed by atoms with E-state index in [2.05, 4.69) is 11.1 Å². The third kappa shape index (κ3) is 3.10. The minimum Gasteiger partial charge on any atom is -0.497 e. The van der Waals surface area contributed by atoms with Crippen molar-refractivity contribution in [3.8, 4) is 11.5 Å². The zero-order valence-electron chi connectivity index (χ0n) is 14.3. The average Bonchev–Trinajstić information content (AvgIpc) is 3.40. The van der Waals surface area contributed by atoms with Crippen molar-refractivity contribution in [1.29, 1.82) is 0 Å². The Morgan fingerprint density at radius 3 is 2.77 bits per heavy atom. The molecule has 1 amide bonds. The highest BCUT2D eigenvalue weighted by Gasteiger charge is 2.36. The molecule has 6 nitrogen and oxygen atoms in total. The molecular formula is C18H17N3O3S2. The van der Waals surface area contributed by atoms with Crippen LogP contribution >= 0.6 is 23.1 Å². The number of carbonyl (C=O) groups excluding carboxylic acids is 1. The first-order chi connectivity index (χ1) is 12.7. The maximum atomic E-state index is 11.7. The van der Waals surface area contributed by atoms with Crippen LogP contribution in [0.2, 0.25) is 0 Å². The van der Waals surface area contributed by atoms with E-state index in [1.807, 2.05) is 34.7 Å². The van der Waals surface area contributed by atoms with Crippen LogP contribution in [-0.4, -0.2) is 41.8 Å². The van der Waals surface area contributed by atoms with E-state index in [9.17, 15) is 4.79 Å². The van der Waals surface area contributed by atoms with Crippen LogP contribution in [0.1, 0.15) is 22.9 Å². The summed E-state index contributed by atoms with van der Waals surface area (Å²) in [4.78, 5) is 16.9. The standard InChI is InChI=1S/C18H17N3O3S2/c1-23-11-5-6-15(24-2)12(8-11)14-9-13(16-4-3-7-25-16)20-21(14)18-19-17(22)10-26-18/h3-8,14H,9-10H2,1-2H3. The predicted octanol–water partition coefficient (Wildman–Crippen LogP) is 3.55. The van der Waals surface area contributed by atoms with Crippen molar-refractivity contribution in [1.82, 2.24) is 5.01 Å². The van der Waals surface area contributed by atoms with E-state index >= 15 is 0 Å². The maximum absolute atomic E-state index is 11.7. The lowest BCUT2D eigenvalue weighted by atomic mass is 10.00. The Hall–Kier alpha value is -2.32. The van der Waals surface area contributed by atoms with Gasteiger partial charge in [-0.15, -0.1) is 11.3 Å². The fraction of sp³-hybridized carbons (Fsp3) is 0.278. The summed E-state index contributed by atoms with van der Waals surface area (Å²) in [5, 5.41) is 9.32. The zero-order chi connectivity index (χ0) is 18.1. The van der Waals surface area contributed by atoms with Crippen LogP contribution in [-0.2, 0) is 4.79 Å². The number of thiophene rings is 1. The highest BCUT2D eigenvalue weighted by Crippen LogP contribution is 2.41. The summed E-state index contributed by atoms with van der Waals surface area (Å²) in [6.45, 7) is 0. The molecule has 0 saturated heterocycles. The van der Waals surface area contributed by atoms with Crippen LogP contribution in [0.4, 0.5) is 0 Å². The van der Waals surface area contributed by atoms with Crippen molar-refractivity contribution in [3.63, 3.8) is 0 Å². The van der Waals surface area contributed by atoms with Crippen molar-refractivity contribution in [2.24, 2.45) is 10.1 Å². The van der Waals surface area contributed by atoms with Crippen LogP contribution in [0.25, 0.3) is 0 Å². The van der Waals surface area contributed by atoms with E-state index in [0.29, 0.717) is 17.3 Å². The number of amides is 1. The zero-order valence-corrected chi connectivity index (χ0v) is 16.0. The summed E-state index contributed by atoms with van der Waals surface area (Å²) in [6.07, 6.45) is 0.706. The van der Waals surface area contributed by atoms with Crippen molar-refractivity contribution in [2.75, 3.05) is 20.0 Å². The number of hydrogen-bond donors (Lipinski definition) is 0. The molecule has 1 unspecified atom stereocenters. The van der Waals surface area contributed by atoms with Gasteiger partial charge in [-0.25, -0.2) is 5.01 Å². The average molecular weight is 387 g/mol. The Morgan fingerprint density at radius 2 is 2.12 bits per heavy atom. The van der Waals surface area contributed by atoms with E-state index in [-0.39, 0.29) is 11.9 Å². The Kier molecular flexibility index (Phi) is 4.69. The predicted molar refractivity (Wildman–Crippen MR) is 104 cm³/mol. The van der Waals surface area contributed by atoms with Crippen LogP contribution in [0.3, 0.4) is 0 Å². The van der Waals surface area contributed by atoms with Gasteiger partial charge in [0.15, 0.2) is 5.17 Å². The first kappa shape index (κ1) is 17.1. The first-order valence-corrected chi connectivity index (χ1v) is 9.93. The number of benzene rings is 1. The van der Waals surface area contributed by atoms with E-state index in [1.165, 1.54) is 11.8 Å². The Morgan fingerprint density at radius 1 is 1.23 bits per heavy atom. The molecule has 0 N–H and O–H groups in total. The lowest BCUT2D eigenvalue weighted by Gasteiger charge is -2.24. The van der Waals surface area contributed by atoms with Gasteiger partial charge in [0.25, 0.3) is 5.91 Å². The number of hydrazone groups is 1. The van der Waals surface area contributed by atoms with Crippen LogP contribution in [0, 0.1) is 0 Å². The lowest BCUT2D eigenvalue weighted by molar-refractivity contribution is -0.115. The molecule has 0 radical (unpaired) electrons. The summed E-state index contributed by atoms with van der Waals surface area (Å²) in [6, 6.07) is 9.69. The molecule has 4 rings (SSSR count). The van der Waals surface area contributed by atoms with Crippen LogP contribution < -0.4 is 9.47 Å². The molecule has 2 aliphatic rings. The minimum absolute atomic E-state index is 0.103. The second-order valence-electron chi connectivity index (χ2n) is 5.77. The number of ether oxygens (including phenoxy) is 2.